The molecule has 20 heavy (non-hydrogen) atoms. The fourth-order valence-corrected chi connectivity index (χ4v) is 3.79. The van der Waals surface area contributed by atoms with Gasteiger partial charge in [0.25, 0.3) is 0 Å². The lowest BCUT2D eigenvalue weighted by Crippen LogP contribution is -2.37. The van der Waals surface area contributed by atoms with Gasteiger partial charge >= 0.3 is 5.97 Å². The van der Waals surface area contributed by atoms with Gasteiger partial charge in [-0.1, -0.05) is 32.4 Å². The molecule has 0 radical (unpaired) electrons. The van der Waals surface area contributed by atoms with Crippen LogP contribution in [0.1, 0.15) is 27.2 Å². The molecule has 1 heterocycles. The number of carbonyl (C=O) groups excluding carboxylic acids is 1. The SMILES string of the molecule is C[C@@H]1[C@@H]2C(=CC3=C(C(=O)O[C@@H]3O)[C@@H]1O)CC(C)(C)[C@@H]2O. The van der Waals surface area contributed by atoms with Gasteiger partial charge in [-0.15, -0.1) is 0 Å². The molecule has 1 aliphatic heterocycles. The lowest BCUT2D eigenvalue weighted by molar-refractivity contribution is -0.152. The minimum absolute atomic E-state index is 0.136. The van der Waals surface area contributed by atoms with Gasteiger partial charge in [0.1, 0.15) is 0 Å². The second-order valence-electron chi connectivity index (χ2n) is 6.79. The third kappa shape index (κ3) is 1.70. The molecule has 3 rings (SSSR count). The number of rotatable bonds is 0. The highest BCUT2D eigenvalue weighted by atomic mass is 16.6. The lowest BCUT2D eigenvalue weighted by atomic mass is 9.79. The molecule has 1 saturated carbocycles. The predicted molar refractivity (Wildman–Crippen MR) is 70.3 cm³/mol. The summed E-state index contributed by atoms with van der Waals surface area (Å²) < 4.78 is 4.79. The molecule has 2 aliphatic carbocycles. The predicted octanol–water partition coefficient (Wildman–Crippen LogP) is 0.502. The van der Waals surface area contributed by atoms with Crippen molar-refractivity contribution in [1.82, 2.24) is 0 Å². The van der Waals surface area contributed by atoms with Crippen molar-refractivity contribution in [3.8, 4) is 0 Å². The van der Waals surface area contributed by atoms with E-state index in [0.29, 0.717) is 12.0 Å². The summed E-state index contributed by atoms with van der Waals surface area (Å²) in [6.07, 6.45) is -0.511. The second kappa shape index (κ2) is 4.16. The van der Waals surface area contributed by atoms with Gasteiger partial charge in [0.2, 0.25) is 6.29 Å². The van der Waals surface area contributed by atoms with Crippen LogP contribution in [0.4, 0.5) is 0 Å². The molecule has 0 spiro atoms. The van der Waals surface area contributed by atoms with Gasteiger partial charge in [-0.05, 0) is 17.8 Å². The van der Waals surface area contributed by atoms with E-state index in [1.54, 1.807) is 6.08 Å². The Labute approximate surface area is 117 Å². The summed E-state index contributed by atoms with van der Waals surface area (Å²) in [5.74, 6) is -1.17. The Hall–Kier alpha value is -1.17. The number of fused-ring (bicyclic) bond motifs is 1. The van der Waals surface area contributed by atoms with Crippen molar-refractivity contribution in [2.45, 2.75) is 45.7 Å². The van der Waals surface area contributed by atoms with Crippen LogP contribution >= 0.6 is 0 Å². The third-order valence-electron chi connectivity index (χ3n) is 4.95. The van der Waals surface area contributed by atoms with Crippen molar-refractivity contribution in [3.63, 3.8) is 0 Å². The minimum Gasteiger partial charge on any atom is -0.428 e. The monoisotopic (exact) mass is 280 g/mol. The molecule has 5 heteroatoms. The number of aliphatic hydroxyl groups is 3. The summed E-state index contributed by atoms with van der Waals surface area (Å²) in [6.45, 7) is 5.78. The Morgan fingerprint density at radius 3 is 2.60 bits per heavy atom. The average molecular weight is 280 g/mol. The van der Waals surface area contributed by atoms with Gasteiger partial charge < -0.3 is 20.1 Å². The van der Waals surface area contributed by atoms with Gasteiger partial charge in [-0.25, -0.2) is 4.79 Å². The summed E-state index contributed by atoms with van der Waals surface area (Å²) in [6, 6.07) is 0. The molecular weight excluding hydrogens is 260 g/mol. The molecule has 0 bridgehead atoms. The van der Waals surface area contributed by atoms with Crippen LogP contribution in [0.2, 0.25) is 0 Å². The van der Waals surface area contributed by atoms with E-state index in [1.165, 1.54) is 0 Å². The van der Waals surface area contributed by atoms with Gasteiger partial charge in [0.15, 0.2) is 0 Å². The van der Waals surface area contributed by atoms with E-state index in [4.69, 9.17) is 4.74 Å². The average Bonchev–Trinajstić information content (AvgIpc) is 2.69. The van der Waals surface area contributed by atoms with Crippen molar-refractivity contribution in [2.24, 2.45) is 17.3 Å². The molecule has 0 amide bonds. The van der Waals surface area contributed by atoms with E-state index >= 15 is 0 Å². The number of carbonyl (C=O) groups is 1. The first-order chi connectivity index (χ1) is 9.24. The molecule has 0 aromatic carbocycles. The maximum atomic E-state index is 11.8. The van der Waals surface area contributed by atoms with E-state index in [0.717, 1.165) is 5.57 Å². The molecule has 0 saturated heterocycles. The summed E-state index contributed by atoms with van der Waals surface area (Å²) in [5.41, 5.74) is 1.17. The number of hydrogen-bond donors (Lipinski definition) is 3. The van der Waals surface area contributed by atoms with Gasteiger partial charge in [-0.2, -0.15) is 0 Å². The zero-order chi connectivity index (χ0) is 14.8. The normalized spacial score (nSPS) is 42.8. The molecule has 1 fully saturated rings. The molecule has 0 aromatic rings. The fourth-order valence-electron chi connectivity index (χ4n) is 3.79. The highest BCUT2D eigenvalue weighted by Crippen LogP contribution is 2.51. The number of ether oxygens (including phenoxy) is 1. The first kappa shape index (κ1) is 13.8. The lowest BCUT2D eigenvalue weighted by Gasteiger charge is -2.30. The van der Waals surface area contributed by atoms with Crippen molar-refractivity contribution >= 4 is 5.97 Å². The highest BCUT2D eigenvalue weighted by molar-refractivity contribution is 5.94. The van der Waals surface area contributed by atoms with Crippen LogP contribution in [-0.4, -0.2) is 39.8 Å². The molecule has 0 unspecified atom stereocenters. The molecule has 5 nitrogen and oxygen atoms in total. The van der Waals surface area contributed by atoms with Crippen LogP contribution in [0, 0.1) is 17.3 Å². The Morgan fingerprint density at radius 1 is 1.30 bits per heavy atom. The van der Waals surface area contributed by atoms with Crippen LogP contribution in [0.15, 0.2) is 22.8 Å². The summed E-state index contributed by atoms with van der Waals surface area (Å²) >= 11 is 0. The Balaban J connectivity index is 2.13. The minimum atomic E-state index is -1.31. The first-order valence-electron chi connectivity index (χ1n) is 6.94. The summed E-state index contributed by atoms with van der Waals surface area (Å²) in [5, 5.41) is 30.8. The maximum Gasteiger partial charge on any atom is 0.339 e. The standard InChI is InChI=1S/C15H20O5/c1-6-9-7(5-15(2,3)12(9)17)4-8-10(11(6)16)14(19)20-13(8)18/h4,6,9,11-13,16-18H,5H2,1-3H3/t6-,9-,11-,12-,13+/m1/s1. The topological polar surface area (TPSA) is 87.0 Å². The fraction of sp³-hybridized carbons (Fsp3) is 0.667. The van der Waals surface area contributed by atoms with E-state index in [1.807, 2.05) is 20.8 Å². The number of cyclic esters (lactones) is 1. The van der Waals surface area contributed by atoms with E-state index < -0.39 is 24.5 Å². The van der Waals surface area contributed by atoms with E-state index in [-0.39, 0.29) is 22.8 Å². The maximum absolute atomic E-state index is 11.8. The largest absolute Gasteiger partial charge is 0.428 e. The quantitative estimate of drug-likeness (QED) is 0.563. The second-order valence-corrected chi connectivity index (χ2v) is 6.79. The zero-order valence-corrected chi connectivity index (χ0v) is 11.8. The molecule has 3 N–H and O–H groups in total. The van der Waals surface area contributed by atoms with Gasteiger partial charge in [-0.3, -0.25) is 0 Å². The van der Waals surface area contributed by atoms with Gasteiger partial charge in [0.05, 0.1) is 17.8 Å². The van der Waals surface area contributed by atoms with Crippen LogP contribution in [0.3, 0.4) is 0 Å². The summed E-state index contributed by atoms with van der Waals surface area (Å²) in [7, 11) is 0. The highest BCUT2D eigenvalue weighted by Gasteiger charge is 2.51. The van der Waals surface area contributed by atoms with Crippen molar-refractivity contribution in [2.75, 3.05) is 0 Å². The first-order valence-corrected chi connectivity index (χ1v) is 6.94. The van der Waals surface area contributed by atoms with E-state index in [9.17, 15) is 20.1 Å². The van der Waals surface area contributed by atoms with Crippen molar-refractivity contribution in [1.29, 1.82) is 0 Å². The molecule has 5 atom stereocenters. The zero-order valence-electron chi connectivity index (χ0n) is 11.8. The van der Waals surface area contributed by atoms with E-state index in [2.05, 4.69) is 0 Å². The molecule has 0 aromatic heterocycles. The molecule has 110 valence electrons. The van der Waals surface area contributed by atoms with Crippen LogP contribution < -0.4 is 0 Å². The third-order valence-corrected chi connectivity index (χ3v) is 4.95. The van der Waals surface area contributed by atoms with Gasteiger partial charge in [0, 0.05) is 11.5 Å². The van der Waals surface area contributed by atoms with Crippen LogP contribution in [-0.2, 0) is 9.53 Å². The Kier molecular flexibility index (Phi) is 2.87. The van der Waals surface area contributed by atoms with Crippen LogP contribution in [0.5, 0.6) is 0 Å². The molecule has 3 aliphatic rings. The van der Waals surface area contributed by atoms with Crippen molar-refractivity contribution in [3.05, 3.63) is 22.8 Å². The number of hydrogen-bond acceptors (Lipinski definition) is 5. The Morgan fingerprint density at radius 2 is 1.95 bits per heavy atom. The van der Waals surface area contributed by atoms with Crippen molar-refractivity contribution < 1.29 is 24.9 Å². The smallest absolute Gasteiger partial charge is 0.339 e. The van der Waals surface area contributed by atoms with Crippen LogP contribution in [0.25, 0.3) is 0 Å². The molecular formula is C15H20O5. The number of aliphatic hydroxyl groups excluding tert-OH is 3. The summed E-state index contributed by atoms with van der Waals surface area (Å²) in [4.78, 5) is 11.8. The number of esters is 1. The Bertz CT molecular complexity index is 530.